The third-order valence-electron chi connectivity index (χ3n) is 2.74. The Morgan fingerprint density at radius 3 is 2.53 bits per heavy atom. The van der Waals surface area contributed by atoms with Crippen LogP contribution in [0.3, 0.4) is 0 Å². The minimum atomic E-state index is -0.0220. The van der Waals surface area contributed by atoms with Crippen molar-refractivity contribution in [2.75, 3.05) is 0 Å². The zero-order valence-electron chi connectivity index (χ0n) is 9.98. The smallest absolute Gasteiger partial charge is 0.225 e. The van der Waals surface area contributed by atoms with E-state index in [0.29, 0.717) is 10.6 Å². The van der Waals surface area contributed by atoms with Gasteiger partial charge in [-0.15, -0.1) is 5.10 Å². The number of thioether (sulfide) groups is 1. The van der Waals surface area contributed by atoms with Crippen LogP contribution in [0.25, 0.3) is 10.8 Å². The lowest BCUT2D eigenvalue weighted by Gasteiger charge is -2.03. The fourth-order valence-electron chi connectivity index (χ4n) is 1.80. The lowest BCUT2D eigenvalue weighted by Crippen LogP contribution is -1.95. The fourth-order valence-corrected chi connectivity index (χ4v) is 2.61. The van der Waals surface area contributed by atoms with Gasteiger partial charge >= 0.3 is 0 Å². The van der Waals surface area contributed by atoms with Crippen LogP contribution in [0.1, 0.15) is 10.4 Å². The van der Waals surface area contributed by atoms with E-state index in [2.05, 4.69) is 10.2 Å². The van der Waals surface area contributed by atoms with E-state index in [4.69, 9.17) is 0 Å². The van der Waals surface area contributed by atoms with E-state index in [1.54, 1.807) is 18.3 Å². The van der Waals surface area contributed by atoms with Crippen LogP contribution in [-0.4, -0.2) is 15.3 Å². The molecule has 0 aliphatic carbocycles. The summed E-state index contributed by atoms with van der Waals surface area (Å²) in [6, 6.07) is 17.0. The van der Waals surface area contributed by atoms with Crippen molar-refractivity contribution >= 4 is 27.6 Å². The maximum atomic E-state index is 12.2. The molecular weight excluding hydrogens is 256 g/mol. The van der Waals surface area contributed by atoms with Crippen LogP contribution in [0, 0.1) is 0 Å². The van der Waals surface area contributed by atoms with Gasteiger partial charge in [-0.3, -0.25) is 4.79 Å². The number of aromatic nitrogens is 2. The summed E-state index contributed by atoms with van der Waals surface area (Å²) in [5.74, 6) is 0. The van der Waals surface area contributed by atoms with Gasteiger partial charge in [0.25, 0.3) is 0 Å². The van der Waals surface area contributed by atoms with Gasteiger partial charge in [-0.05, 0) is 11.8 Å². The fraction of sp³-hybridized carbons (Fsp3) is 0. The third-order valence-corrected chi connectivity index (χ3v) is 3.65. The van der Waals surface area contributed by atoms with Gasteiger partial charge in [-0.1, -0.05) is 54.6 Å². The molecule has 1 aromatic heterocycles. The molecular formula is C15H10N2OS. The second-order valence-electron chi connectivity index (χ2n) is 3.99. The van der Waals surface area contributed by atoms with Crippen molar-refractivity contribution < 1.29 is 4.79 Å². The quantitative estimate of drug-likeness (QED) is 0.665. The maximum absolute atomic E-state index is 12.2. The molecule has 3 nitrogen and oxygen atoms in total. The van der Waals surface area contributed by atoms with Crippen LogP contribution in [0.2, 0.25) is 0 Å². The summed E-state index contributed by atoms with van der Waals surface area (Å²) in [7, 11) is 0. The molecule has 19 heavy (non-hydrogen) atoms. The highest BCUT2D eigenvalue weighted by molar-refractivity contribution is 8.14. The van der Waals surface area contributed by atoms with Crippen LogP contribution in [0.5, 0.6) is 0 Å². The van der Waals surface area contributed by atoms with E-state index in [-0.39, 0.29) is 5.12 Å². The second kappa shape index (κ2) is 5.20. The molecule has 0 fully saturated rings. The minimum absolute atomic E-state index is 0.0220. The van der Waals surface area contributed by atoms with Gasteiger partial charge in [-0.2, -0.15) is 5.10 Å². The van der Waals surface area contributed by atoms with Crippen LogP contribution in [0.15, 0.2) is 65.8 Å². The number of hydrogen-bond acceptors (Lipinski definition) is 4. The van der Waals surface area contributed by atoms with E-state index < -0.39 is 0 Å². The van der Waals surface area contributed by atoms with Gasteiger partial charge in [0.15, 0.2) is 0 Å². The molecule has 3 rings (SSSR count). The molecule has 1 heterocycles. The normalized spacial score (nSPS) is 10.5. The topological polar surface area (TPSA) is 42.9 Å². The zero-order chi connectivity index (χ0) is 13.1. The van der Waals surface area contributed by atoms with Crippen molar-refractivity contribution in [3.8, 4) is 0 Å². The zero-order valence-corrected chi connectivity index (χ0v) is 10.8. The molecule has 0 unspecified atom stereocenters. The molecule has 0 aliphatic rings. The Hall–Kier alpha value is -2.20. The number of nitrogens with zero attached hydrogens (tertiary/aromatic N) is 2. The molecule has 0 amide bonds. The van der Waals surface area contributed by atoms with Crippen molar-refractivity contribution in [2.24, 2.45) is 0 Å². The van der Waals surface area contributed by atoms with E-state index in [1.165, 1.54) is 0 Å². The summed E-state index contributed by atoms with van der Waals surface area (Å²) < 4.78 is 0. The van der Waals surface area contributed by atoms with E-state index in [9.17, 15) is 4.79 Å². The summed E-state index contributed by atoms with van der Waals surface area (Å²) >= 11 is 1.11. The number of fused-ring (bicyclic) bond motifs is 1. The first-order valence-corrected chi connectivity index (χ1v) is 6.64. The Labute approximate surface area is 114 Å². The predicted molar refractivity (Wildman–Crippen MR) is 76.2 cm³/mol. The summed E-state index contributed by atoms with van der Waals surface area (Å²) in [5.41, 5.74) is 0.669. The Bertz CT molecular complexity index is 723. The number of rotatable bonds is 2. The highest BCUT2D eigenvalue weighted by atomic mass is 32.2. The van der Waals surface area contributed by atoms with Crippen molar-refractivity contribution in [1.82, 2.24) is 10.2 Å². The predicted octanol–water partition coefficient (Wildman–Crippen LogP) is 3.56. The number of carbonyl (C=O) groups is 1. The van der Waals surface area contributed by atoms with Gasteiger partial charge in [0, 0.05) is 16.3 Å². The van der Waals surface area contributed by atoms with E-state index in [1.807, 2.05) is 42.5 Å². The Kier molecular flexibility index (Phi) is 3.25. The second-order valence-corrected chi connectivity index (χ2v) is 4.95. The van der Waals surface area contributed by atoms with Crippen molar-refractivity contribution in [3.05, 3.63) is 66.4 Å². The molecule has 2 aromatic carbocycles. The summed E-state index contributed by atoms with van der Waals surface area (Å²) in [6.45, 7) is 0. The van der Waals surface area contributed by atoms with Crippen LogP contribution < -0.4 is 0 Å². The largest absolute Gasteiger partial charge is 0.281 e. The average molecular weight is 266 g/mol. The summed E-state index contributed by atoms with van der Waals surface area (Å²) in [5, 5.41) is 10.6. The highest BCUT2D eigenvalue weighted by Crippen LogP contribution is 2.27. The van der Waals surface area contributed by atoms with Crippen molar-refractivity contribution in [3.63, 3.8) is 0 Å². The molecule has 0 radical (unpaired) electrons. The van der Waals surface area contributed by atoms with Crippen LogP contribution in [-0.2, 0) is 0 Å². The molecule has 0 spiro atoms. The van der Waals surface area contributed by atoms with E-state index >= 15 is 0 Å². The van der Waals surface area contributed by atoms with Crippen LogP contribution in [0.4, 0.5) is 0 Å². The maximum Gasteiger partial charge on any atom is 0.225 e. The van der Waals surface area contributed by atoms with Crippen molar-refractivity contribution in [1.29, 1.82) is 0 Å². The van der Waals surface area contributed by atoms with Gasteiger partial charge < -0.3 is 0 Å². The number of hydrogen-bond donors (Lipinski definition) is 0. The number of carbonyl (C=O) groups excluding carboxylic acids is 1. The standard InChI is InChI=1S/C15H10N2OS/c18-15(11-6-2-1-3-7-11)19-14-13-9-5-4-8-12(13)10-16-17-14/h1-10H. The summed E-state index contributed by atoms with van der Waals surface area (Å²) in [6.07, 6.45) is 1.70. The van der Waals surface area contributed by atoms with Crippen LogP contribution >= 0.6 is 11.8 Å². The Morgan fingerprint density at radius 2 is 1.68 bits per heavy atom. The molecule has 0 N–H and O–H groups in total. The molecule has 0 saturated carbocycles. The first-order valence-electron chi connectivity index (χ1n) is 5.82. The Morgan fingerprint density at radius 1 is 0.947 bits per heavy atom. The van der Waals surface area contributed by atoms with Gasteiger partial charge in [-0.25, -0.2) is 0 Å². The number of benzene rings is 2. The molecule has 92 valence electrons. The monoisotopic (exact) mass is 266 g/mol. The first kappa shape index (κ1) is 11.9. The van der Waals surface area contributed by atoms with Gasteiger partial charge in [0.2, 0.25) is 5.12 Å². The molecule has 0 aliphatic heterocycles. The average Bonchev–Trinajstić information content (AvgIpc) is 2.48. The minimum Gasteiger partial charge on any atom is -0.281 e. The Balaban J connectivity index is 1.96. The van der Waals surface area contributed by atoms with Crippen molar-refractivity contribution in [2.45, 2.75) is 5.03 Å². The summed E-state index contributed by atoms with van der Waals surface area (Å²) in [4.78, 5) is 12.2. The lowest BCUT2D eigenvalue weighted by molar-refractivity contribution is 0.108. The molecule has 3 aromatic rings. The molecule has 4 heteroatoms. The van der Waals surface area contributed by atoms with Gasteiger partial charge in [0.1, 0.15) is 5.03 Å². The highest BCUT2D eigenvalue weighted by Gasteiger charge is 2.11. The van der Waals surface area contributed by atoms with E-state index in [0.717, 1.165) is 22.5 Å². The SMILES string of the molecule is O=C(Sc1nncc2ccccc12)c1ccccc1. The first-order chi connectivity index (χ1) is 9.34. The third kappa shape index (κ3) is 2.48. The van der Waals surface area contributed by atoms with Gasteiger partial charge in [0.05, 0.1) is 6.20 Å². The lowest BCUT2D eigenvalue weighted by atomic mass is 10.2. The molecule has 0 atom stereocenters. The molecule has 0 saturated heterocycles. The molecule has 0 bridgehead atoms.